The third-order valence-corrected chi connectivity index (χ3v) is 2.73. The zero-order valence-electron chi connectivity index (χ0n) is 9.17. The zero-order valence-corrected chi connectivity index (χ0v) is 9.17. The van der Waals surface area contributed by atoms with E-state index < -0.39 is 0 Å². The van der Waals surface area contributed by atoms with E-state index in [2.05, 4.69) is 0 Å². The van der Waals surface area contributed by atoms with Gasteiger partial charge in [0.05, 0.1) is 5.69 Å². The number of para-hydroxylation sites is 3. The van der Waals surface area contributed by atoms with E-state index in [4.69, 9.17) is 4.74 Å². The van der Waals surface area contributed by atoms with Gasteiger partial charge in [0.1, 0.15) is 6.54 Å². The summed E-state index contributed by atoms with van der Waals surface area (Å²) in [4.78, 5) is 13.5. The summed E-state index contributed by atoms with van der Waals surface area (Å²) in [5.74, 6) is 0.389. The predicted molar refractivity (Wildman–Crippen MR) is 65.5 cm³/mol. The van der Waals surface area contributed by atoms with Crippen molar-refractivity contribution in [2.45, 2.75) is 0 Å². The van der Waals surface area contributed by atoms with Crippen LogP contribution in [0.3, 0.4) is 0 Å². The minimum atomic E-state index is -0.229. The molecule has 2 aromatic rings. The minimum Gasteiger partial charge on any atom is -0.423 e. The molecule has 0 saturated heterocycles. The SMILES string of the molecule is O=C1CN(c2ccccc2)c2ccccc2O1. The number of hydrogen-bond acceptors (Lipinski definition) is 3. The molecule has 0 radical (unpaired) electrons. The van der Waals surface area contributed by atoms with E-state index in [9.17, 15) is 4.79 Å². The molecule has 0 N–H and O–H groups in total. The number of esters is 1. The molecular formula is C14H11NO2. The molecule has 3 nitrogen and oxygen atoms in total. The van der Waals surface area contributed by atoms with Gasteiger partial charge in [-0.05, 0) is 24.3 Å². The van der Waals surface area contributed by atoms with Crippen molar-refractivity contribution in [1.29, 1.82) is 0 Å². The Morgan fingerprint density at radius 3 is 2.47 bits per heavy atom. The van der Waals surface area contributed by atoms with Crippen LogP contribution in [0.1, 0.15) is 0 Å². The van der Waals surface area contributed by atoms with Gasteiger partial charge in [-0.3, -0.25) is 0 Å². The molecular weight excluding hydrogens is 214 g/mol. The summed E-state index contributed by atoms with van der Waals surface area (Å²) in [5.41, 5.74) is 1.93. The minimum absolute atomic E-state index is 0.229. The van der Waals surface area contributed by atoms with Crippen molar-refractivity contribution in [2.75, 3.05) is 11.4 Å². The molecule has 17 heavy (non-hydrogen) atoms. The second-order valence-electron chi connectivity index (χ2n) is 3.86. The maximum absolute atomic E-state index is 11.5. The Balaban J connectivity index is 2.10. The fourth-order valence-corrected chi connectivity index (χ4v) is 1.97. The Labute approximate surface area is 99.2 Å². The highest BCUT2D eigenvalue weighted by Gasteiger charge is 2.24. The highest BCUT2D eigenvalue weighted by Crippen LogP contribution is 2.36. The molecule has 0 bridgehead atoms. The second kappa shape index (κ2) is 3.94. The van der Waals surface area contributed by atoms with Gasteiger partial charge in [0.15, 0.2) is 5.75 Å². The predicted octanol–water partition coefficient (Wildman–Crippen LogP) is 2.74. The molecule has 1 aliphatic heterocycles. The number of nitrogens with zero attached hydrogens (tertiary/aromatic N) is 1. The van der Waals surface area contributed by atoms with Crippen LogP contribution in [0.2, 0.25) is 0 Å². The van der Waals surface area contributed by atoms with Gasteiger partial charge in [-0.2, -0.15) is 0 Å². The Hall–Kier alpha value is -2.29. The number of ether oxygens (including phenoxy) is 1. The standard InChI is InChI=1S/C14H11NO2/c16-14-10-15(11-6-2-1-3-7-11)12-8-4-5-9-13(12)17-14/h1-9H,10H2. The summed E-state index contributed by atoms with van der Waals surface area (Å²) in [7, 11) is 0. The lowest BCUT2D eigenvalue weighted by atomic mass is 10.2. The molecule has 0 aliphatic carbocycles. The Morgan fingerprint density at radius 1 is 0.941 bits per heavy atom. The molecule has 3 rings (SSSR count). The lowest BCUT2D eigenvalue weighted by molar-refractivity contribution is -0.133. The number of benzene rings is 2. The topological polar surface area (TPSA) is 29.5 Å². The van der Waals surface area contributed by atoms with Crippen LogP contribution in [0.15, 0.2) is 54.6 Å². The summed E-state index contributed by atoms with van der Waals surface area (Å²) >= 11 is 0. The van der Waals surface area contributed by atoms with Gasteiger partial charge >= 0.3 is 5.97 Å². The van der Waals surface area contributed by atoms with E-state index >= 15 is 0 Å². The van der Waals surface area contributed by atoms with Gasteiger partial charge < -0.3 is 9.64 Å². The average Bonchev–Trinajstić information content (AvgIpc) is 2.39. The largest absolute Gasteiger partial charge is 0.423 e. The number of carbonyl (C=O) groups is 1. The van der Waals surface area contributed by atoms with Crippen LogP contribution in [-0.4, -0.2) is 12.5 Å². The number of anilines is 2. The van der Waals surface area contributed by atoms with Gasteiger partial charge in [-0.25, -0.2) is 4.79 Å². The fraction of sp³-hybridized carbons (Fsp3) is 0.0714. The van der Waals surface area contributed by atoms with Crippen molar-refractivity contribution < 1.29 is 9.53 Å². The summed E-state index contributed by atoms with van der Waals surface area (Å²) in [6.07, 6.45) is 0. The van der Waals surface area contributed by atoms with E-state index in [1.165, 1.54) is 0 Å². The van der Waals surface area contributed by atoms with Crippen molar-refractivity contribution in [1.82, 2.24) is 0 Å². The van der Waals surface area contributed by atoms with Crippen LogP contribution in [0, 0.1) is 0 Å². The van der Waals surface area contributed by atoms with Gasteiger partial charge in [0, 0.05) is 5.69 Å². The zero-order chi connectivity index (χ0) is 11.7. The first kappa shape index (κ1) is 9.90. The highest BCUT2D eigenvalue weighted by molar-refractivity contribution is 5.88. The van der Waals surface area contributed by atoms with Crippen molar-refractivity contribution in [2.24, 2.45) is 0 Å². The van der Waals surface area contributed by atoms with Crippen LogP contribution in [0.25, 0.3) is 0 Å². The van der Waals surface area contributed by atoms with Crippen molar-refractivity contribution in [3.63, 3.8) is 0 Å². The smallest absolute Gasteiger partial charge is 0.331 e. The maximum Gasteiger partial charge on any atom is 0.331 e. The molecule has 0 aromatic heterocycles. The van der Waals surface area contributed by atoms with E-state index in [-0.39, 0.29) is 12.5 Å². The van der Waals surface area contributed by atoms with E-state index in [0.717, 1.165) is 11.4 Å². The first-order chi connectivity index (χ1) is 8.34. The fourth-order valence-electron chi connectivity index (χ4n) is 1.97. The van der Waals surface area contributed by atoms with E-state index in [0.29, 0.717) is 5.75 Å². The van der Waals surface area contributed by atoms with Crippen LogP contribution < -0.4 is 9.64 Å². The summed E-state index contributed by atoms with van der Waals surface area (Å²) in [6, 6.07) is 17.4. The molecule has 0 spiro atoms. The number of hydrogen-bond donors (Lipinski definition) is 0. The lowest BCUT2D eigenvalue weighted by Gasteiger charge is -2.29. The molecule has 1 aliphatic rings. The maximum atomic E-state index is 11.5. The third kappa shape index (κ3) is 1.76. The summed E-state index contributed by atoms with van der Waals surface area (Å²) in [6.45, 7) is 0.251. The van der Waals surface area contributed by atoms with Crippen molar-refractivity contribution in [3.05, 3.63) is 54.6 Å². The lowest BCUT2D eigenvalue weighted by Crippen LogP contribution is -2.33. The van der Waals surface area contributed by atoms with E-state index in [1.807, 2.05) is 59.5 Å². The molecule has 3 heteroatoms. The number of rotatable bonds is 1. The van der Waals surface area contributed by atoms with Crippen molar-refractivity contribution >= 4 is 17.3 Å². The summed E-state index contributed by atoms with van der Waals surface area (Å²) < 4.78 is 5.20. The first-order valence-electron chi connectivity index (χ1n) is 5.47. The molecule has 2 aromatic carbocycles. The number of carbonyl (C=O) groups excluding carboxylic acids is 1. The second-order valence-corrected chi connectivity index (χ2v) is 3.86. The first-order valence-corrected chi connectivity index (χ1v) is 5.47. The quantitative estimate of drug-likeness (QED) is 0.552. The number of fused-ring (bicyclic) bond motifs is 1. The van der Waals surface area contributed by atoms with Gasteiger partial charge in [-0.15, -0.1) is 0 Å². The van der Waals surface area contributed by atoms with Gasteiger partial charge in [0.25, 0.3) is 0 Å². The summed E-state index contributed by atoms with van der Waals surface area (Å²) in [5, 5.41) is 0. The van der Waals surface area contributed by atoms with Crippen LogP contribution >= 0.6 is 0 Å². The highest BCUT2D eigenvalue weighted by atomic mass is 16.5. The molecule has 0 fully saturated rings. The molecule has 84 valence electrons. The Bertz CT molecular complexity index is 551. The van der Waals surface area contributed by atoms with Gasteiger partial charge in [0.2, 0.25) is 0 Å². The normalized spacial score (nSPS) is 14.1. The van der Waals surface area contributed by atoms with E-state index in [1.54, 1.807) is 0 Å². The van der Waals surface area contributed by atoms with Gasteiger partial charge in [-0.1, -0.05) is 30.3 Å². The van der Waals surface area contributed by atoms with Crippen LogP contribution in [-0.2, 0) is 4.79 Å². The third-order valence-electron chi connectivity index (χ3n) is 2.73. The Kier molecular flexibility index (Phi) is 2.29. The van der Waals surface area contributed by atoms with Crippen molar-refractivity contribution in [3.8, 4) is 5.75 Å². The van der Waals surface area contributed by atoms with Crippen LogP contribution in [0.4, 0.5) is 11.4 Å². The molecule has 0 amide bonds. The monoisotopic (exact) mass is 225 g/mol. The molecule has 1 heterocycles. The average molecular weight is 225 g/mol. The van der Waals surface area contributed by atoms with Crippen LogP contribution in [0.5, 0.6) is 5.75 Å². The Morgan fingerprint density at radius 2 is 1.65 bits per heavy atom. The molecule has 0 saturated carbocycles. The molecule has 0 atom stereocenters. The molecule has 0 unspecified atom stereocenters.